The molecule has 1 aliphatic carbocycles. The molecular formula is C17H13F2N5O2. The summed E-state index contributed by atoms with van der Waals surface area (Å²) < 4.78 is 29.3. The normalized spacial score (nSPS) is 24.1. The SMILES string of the molecule is O=C(O)c1cnn2cnc(N3C[C@H]4CC4C3c3cc(F)ccc3F)nc12. The molecule has 2 aliphatic rings. The van der Waals surface area contributed by atoms with E-state index in [1.54, 1.807) is 0 Å². The summed E-state index contributed by atoms with van der Waals surface area (Å²) in [5.74, 6) is -1.21. The maximum atomic E-state index is 14.3. The summed E-state index contributed by atoms with van der Waals surface area (Å²) in [6.45, 7) is 0.623. The van der Waals surface area contributed by atoms with Gasteiger partial charge >= 0.3 is 5.97 Å². The van der Waals surface area contributed by atoms with Crippen LogP contribution in [0.3, 0.4) is 0 Å². The summed E-state index contributed by atoms with van der Waals surface area (Å²) >= 11 is 0. The van der Waals surface area contributed by atoms with Gasteiger partial charge in [-0.05, 0) is 36.5 Å². The highest BCUT2D eigenvalue weighted by Gasteiger charge is 2.54. The number of piperidine rings is 1. The Morgan fingerprint density at radius 2 is 2.15 bits per heavy atom. The number of anilines is 1. The number of hydrogen-bond donors (Lipinski definition) is 1. The fourth-order valence-corrected chi connectivity index (χ4v) is 3.88. The first-order valence-corrected chi connectivity index (χ1v) is 8.18. The Bertz CT molecular complexity index is 1050. The molecule has 1 aliphatic heterocycles. The first-order chi connectivity index (χ1) is 12.5. The van der Waals surface area contributed by atoms with E-state index in [-0.39, 0.29) is 28.7 Å². The van der Waals surface area contributed by atoms with Crippen molar-refractivity contribution >= 4 is 17.6 Å². The van der Waals surface area contributed by atoms with Crippen LogP contribution in [-0.4, -0.2) is 37.2 Å². The molecule has 7 nitrogen and oxygen atoms in total. The molecule has 0 amide bonds. The largest absolute Gasteiger partial charge is 0.477 e. The molecule has 3 aromatic rings. The molecule has 3 heterocycles. The van der Waals surface area contributed by atoms with Crippen molar-refractivity contribution in [2.75, 3.05) is 11.4 Å². The van der Waals surface area contributed by atoms with Crippen LogP contribution in [0.5, 0.6) is 0 Å². The van der Waals surface area contributed by atoms with Crippen LogP contribution in [0.4, 0.5) is 14.7 Å². The molecule has 1 aromatic carbocycles. The van der Waals surface area contributed by atoms with Gasteiger partial charge in [-0.3, -0.25) is 0 Å². The number of rotatable bonds is 3. The monoisotopic (exact) mass is 357 g/mol. The summed E-state index contributed by atoms with van der Waals surface area (Å²) in [4.78, 5) is 21.7. The van der Waals surface area contributed by atoms with Crippen molar-refractivity contribution < 1.29 is 18.7 Å². The quantitative estimate of drug-likeness (QED) is 0.774. The lowest BCUT2D eigenvalue weighted by Gasteiger charge is -2.28. The smallest absolute Gasteiger partial charge is 0.341 e. The molecule has 9 heteroatoms. The van der Waals surface area contributed by atoms with E-state index >= 15 is 0 Å². The van der Waals surface area contributed by atoms with Crippen LogP contribution in [0.15, 0.2) is 30.7 Å². The first kappa shape index (κ1) is 15.2. The van der Waals surface area contributed by atoms with Crippen LogP contribution >= 0.6 is 0 Å². The molecule has 1 N–H and O–H groups in total. The van der Waals surface area contributed by atoms with Crippen molar-refractivity contribution in [2.24, 2.45) is 11.8 Å². The van der Waals surface area contributed by atoms with E-state index in [1.165, 1.54) is 23.1 Å². The molecule has 5 rings (SSSR count). The van der Waals surface area contributed by atoms with Gasteiger partial charge in [-0.15, -0.1) is 0 Å². The standard InChI is InChI=1S/C17H13F2N5O2/c18-9-1-2-13(19)11(4-9)14-10-3-8(10)6-23(14)17-20-7-24-15(22-17)12(5-21-24)16(25)26/h1-2,4-5,7-8,10,14H,3,6H2,(H,25,26)/t8-,10?,14?/m1/s1. The predicted octanol–water partition coefficient (Wildman–Crippen LogP) is 2.30. The molecule has 2 fully saturated rings. The highest BCUT2D eigenvalue weighted by Crippen LogP contribution is 2.57. The molecule has 0 spiro atoms. The number of hydrogen-bond acceptors (Lipinski definition) is 5. The van der Waals surface area contributed by atoms with Crippen molar-refractivity contribution in [2.45, 2.75) is 12.5 Å². The molecular weight excluding hydrogens is 344 g/mol. The third-order valence-corrected chi connectivity index (χ3v) is 5.17. The first-order valence-electron chi connectivity index (χ1n) is 8.18. The molecule has 3 atom stereocenters. The Balaban J connectivity index is 1.60. The molecule has 1 saturated carbocycles. The number of aromatic carboxylic acids is 1. The summed E-state index contributed by atoms with van der Waals surface area (Å²) in [6.07, 6.45) is 3.54. The van der Waals surface area contributed by atoms with Gasteiger partial charge in [-0.1, -0.05) is 0 Å². The lowest BCUT2D eigenvalue weighted by atomic mass is 10.0. The van der Waals surface area contributed by atoms with Gasteiger partial charge in [0.1, 0.15) is 23.5 Å². The number of fused-ring (bicyclic) bond motifs is 2. The highest BCUT2D eigenvalue weighted by atomic mass is 19.1. The maximum absolute atomic E-state index is 14.3. The van der Waals surface area contributed by atoms with Gasteiger partial charge in [0, 0.05) is 12.1 Å². The number of halogens is 2. The predicted molar refractivity (Wildman–Crippen MR) is 85.8 cm³/mol. The van der Waals surface area contributed by atoms with E-state index < -0.39 is 17.6 Å². The minimum atomic E-state index is -1.14. The molecule has 132 valence electrons. The Kier molecular flexibility index (Phi) is 3.03. The van der Waals surface area contributed by atoms with E-state index in [1.807, 2.05) is 4.90 Å². The Morgan fingerprint density at radius 1 is 1.31 bits per heavy atom. The topological polar surface area (TPSA) is 83.6 Å². The van der Waals surface area contributed by atoms with E-state index in [9.17, 15) is 18.7 Å². The Hall–Kier alpha value is -3.10. The number of carboxylic acid groups (broad SMARTS) is 1. The second-order valence-corrected chi connectivity index (χ2v) is 6.71. The molecule has 2 aromatic heterocycles. The van der Waals surface area contributed by atoms with Crippen molar-refractivity contribution in [3.63, 3.8) is 0 Å². The zero-order chi connectivity index (χ0) is 18.0. The van der Waals surface area contributed by atoms with Gasteiger partial charge in [-0.25, -0.2) is 23.1 Å². The fourth-order valence-electron chi connectivity index (χ4n) is 3.88. The molecule has 2 unspecified atom stereocenters. The van der Waals surface area contributed by atoms with Crippen molar-refractivity contribution in [3.05, 3.63) is 53.5 Å². The van der Waals surface area contributed by atoms with Crippen LogP contribution in [0.1, 0.15) is 28.4 Å². The number of nitrogens with zero attached hydrogens (tertiary/aromatic N) is 5. The van der Waals surface area contributed by atoms with E-state index in [2.05, 4.69) is 15.1 Å². The maximum Gasteiger partial charge on any atom is 0.341 e. The summed E-state index contributed by atoms with van der Waals surface area (Å²) in [7, 11) is 0. The van der Waals surface area contributed by atoms with Crippen molar-refractivity contribution in [3.8, 4) is 0 Å². The molecule has 0 radical (unpaired) electrons. The number of carboxylic acids is 1. The minimum Gasteiger partial charge on any atom is -0.477 e. The van der Waals surface area contributed by atoms with Crippen LogP contribution in [0.25, 0.3) is 5.65 Å². The highest BCUT2D eigenvalue weighted by molar-refractivity contribution is 5.94. The van der Waals surface area contributed by atoms with Gasteiger partial charge in [0.15, 0.2) is 5.65 Å². The van der Waals surface area contributed by atoms with Gasteiger partial charge in [0.05, 0.1) is 12.2 Å². The van der Waals surface area contributed by atoms with E-state index in [0.29, 0.717) is 18.4 Å². The molecule has 0 bridgehead atoms. The average molecular weight is 357 g/mol. The summed E-state index contributed by atoms with van der Waals surface area (Å²) in [6, 6.07) is 3.07. The van der Waals surface area contributed by atoms with Gasteiger partial charge in [0.2, 0.25) is 5.95 Å². The van der Waals surface area contributed by atoms with Crippen molar-refractivity contribution in [1.82, 2.24) is 19.6 Å². The van der Waals surface area contributed by atoms with Gasteiger partial charge < -0.3 is 10.0 Å². The fraction of sp³-hybridized carbons (Fsp3) is 0.294. The number of benzene rings is 1. The van der Waals surface area contributed by atoms with Gasteiger partial charge in [0.25, 0.3) is 0 Å². The van der Waals surface area contributed by atoms with E-state index in [0.717, 1.165) is 18.6 Å². The third-order valence-electron chi connectivity index (χ3n) is 5.17. The second-order valence-electron chi connectivity index (χ2n) is 6.71. The number of carbonyl (C=O) groups is 1. The summed E-state index contributed by atoms with van der Waals surface area (Å²) in [5, 5.41) is 13.2. The third kappa shape index (κ3) is 2.16. The van der Waals surface area contributed by atoms with Crippen molar-refractivity contribution in [1.29, 1.82) is 0 Å². The second kappa shape index (κ2) is 5.20. The summed E-state index contributed by atoms with van der Waals surface area (Å²) in [5.41, 5.74) is 0.415. The number of aromatic nitrogens is 4. The van der Waals surface area contributed by atoms with Crippen LogP contribution in [0.2, 0.25) is 0 Å². The zero-order valence-electron chi connectivity index (χ0n) is 13.4. The van der Waals surface area contributed by atoms with Crippen LogP contribution in [-0.2, 0) is 0 Å². The lowest BCUT2D eigenvalue weighted by molar-refractivity contribution is 0.0698. The zero-order valence-corrected chi connectivity index (χ0v) is 13.4. The Morgan fingerprint density at radius 3 is 2.96 bits per heavy atom. The van der Waals surface area contributed by atoms with E-state index in [4.69, 9.17) is 0 Å². The lowest BCUT2D eigenvalue weighted by Crippen LogP contribution is -2.29. The molecule has 26 heavy (non-hydrogen) atoms. The Labute approximate surface area is 145 Å². The molecule has 1 saturated heterocycles. The van der Waals surface area contributed by atoms with Crippen LogP contribution in [0, 0.1) is 23.5 Å². The minimum absolute atomic E-state index is 0.0357. The average Bonchev–Trinajstić information content (AvgIpc) is 3.09. The van der Waals surface area contributed by atoms with Gasteiger partial charge in [-0.2, -0.15) is 10.1 Å². The van der Waals surface area contributed by atoms with Crippen LogP contribution < -0.4 is 4.90 Å².